The van der Waals surface area contributed by atoms with Crippen molar-refractivity contribution in [2.24, 2.45) is 0 Å². The van der Waals surface area contributed by atoms with Gasteiger partial charge in [0.25, 0.3) is 6.01 Å². The molecule has 0 bridgehead atoms. The Morgan fingerprint density at radius 3 is 1.88 bits per heavy atom. The molecule has 0 atom stereocenters. The molecule has 0 saturated heterocycles. The molecule has 3 heteroatoms. The molecule has 0 unspecified atom stereocenters. The molecule has 0 aliphatic heterocycles. The van der Waals surface area contributed by atoms with Gasteiger partial charge in [0.2, 0.25) is 0 Å². The molecule has 1 aromatic heterocycles. The lowest BCUT2D eigenvalue weighted by Gasteiger charge is -2.01. The Balaban J connectivity index is 1.68. The summed E-state index contributed by atoms with van der Waals surface area (Å²) in [6.45, 7) is 0.670. The number of benzene rings is 3. The number of hydrogen-bond acceptors (Lipinski definition) is 3. The zero-order valence-electron chi connectivity index (χ0n) is 13.7. The fourth-order valence-corrected chi connectivity index (χ4v) is 2.75. The van der Waals surface area contributed by atoms with Crippen molar-refractivity contribution in [3.63, 3.8) is 0 Å². The van der Waals surface area contributed by atoms with Crippen LogP contribution in [-0.4, -0.2) is 4.98 Å². The minimum Gasteiger partial charge on any atom is -0.423 e. The molecule has 0 spiro atoms. The van der Waals surface area contributed by atoms with Gasteiger partial charge in [-0.05, 0) is 5.56 Å². The second-order valence-corrected chi connectivity index (χ2v) is 5.77. The van der Waals surface area contributed by atoms with Crippen LogP contribution in [0.3, 0.4) is 0 Å². The van der Waals surface area contributed by atoms with Crippen LogP contribution in [0.4, 0.5) is 6.01 Å². The van der Waals surface area contributed by atoms with Gasteiger partial charge in [-0.3, -0.25) is 0 Å². The van der Waals surface area contributed by atoms with Crippen molar-refractivity contribution in [3.05, 3.63) is 96.6 Å². The fraction of sp³-hybridized carbons (Fsp3) is 0.0455. The molecule has 1 N–H and O–H groups in total. The highest BCUT2D eigenvalue weighted by Gasteiger charge is 2.16. The van der Waals surface area contributed by atoms with Gasteiger partial charge in [0.15, 0.2) is 5.76 Å². The Morgan fingerprint density at radius 1 is 0.680 bits per heavy atom. The molecule has 0 fully saturated rings. The quantitative estimate of drug-likeness (QED) is 0.517. The zero-order valence-corrected chi connectivity index (χ0v) is 13.7. The standard InChI is InChI=1S/C22H18N2O/c1-4-10-17(11-5-1)16-23-22-24-20(18-12-6-2-7-13-18)21(25-22)19-14-8-3-9-15-19/h1-15H,16H2,(H,23,24). The number of aromatic nitrogens is 1. The number of nitrogens with zero attached hydrogens (tertiary/aromatic N) is 1. The molecular weight excluding hydrogens is 308 g/mol. The first kappa shape index (κ1) is 15.2. The fourth-order valence-electron chi connectivity index (χ4n) is 2.75. The molecule has 0 amide bonds. The first-order valence-corrected chi connectivity index (χ1v) is 8.29. The van der Waals surface area contributed by atoms with Gasteiger partial charge in [0.05, 0.1) is 0 Å². The molecule has 3 aromatic carbocycles. The summed E-state index contributed by atoms with van der Waals surface area (Å²) in [6.07, 6.45) is 0. The monoisotopic (exact) mass is 326 g/mol. The second kappa shape index (κ2) is 7.05. The van der Waals surface area contributed by atoms with Crippen LogP contribution in [-0.2, 0) is 6.54 Å². The van der Waals surface area contributed by atoms with Gasteiger partial charge >= 0.3 is 0 Å². The topological polar surface area (TPSA) is 38.1 Å². The summed E-state index contributed by atoms with van der Waals surface area (Å²) in [5.41, 5.74) is 4.09. The van der Waals surface area contributed by atoms with Gasteiger partial charge in [0, 0.05) is 17.7 Å². The molecule has 4 aromatic rings. The van der Waals surface area contributed by atoms with Gasteiger partial charge in [-0.1, -0.05) is 91.0 Å². The maximum Gasteiger partial charge on any atom is 0.295 e. The summed E-state index contributed by atoms with van der Waals surface area (Å²) in [5.74, 6) is 0.780. The molecule has 3 nitrogen and oxygen atoms in total. The molecular formula is C22H18N2O. The Kier molecular flexibility index (Phi) is 4.29. The first-order valence-electron chi connectivity index (χ1n) is 8.29. The summed E-state index contributed by atoms with van der Waals surface area (Å²) in [7, 11) is 0. The van der Waals surface area contributed by atoms with E-state index in [0.717, 1.165) is 22.6 Å². The third kappa shape index (κ3) is 3.45. The Morgan fingerprint density at radius 2 is 1.24 bits per heavy atom. The van der Waals surface area contributed by atoms with E-state index in [0.29, 0.717) is 12.6 Å². The lowest BCUT2D eigenvalue weighted by atomic mass is 10.1. The largest absolute Gasteiger partial charge is 0.423 e. The maximum atomic E-state index is 6.05. The van der Waals surface area contributed by atoms with Crippen molar-refractivity contribution in [3.8, 4) is 22.6 Å². The van der Waals surface area contributed by atoms with Gasteiger partial charge in [-0.25, -0.2) is 0 Å². The van der Waals surface area contributed by atoms with Gasteiger partial charge < -0.3 is 9.73 Å². The minimum atomic E-state index is 0.529. The Hall–Kier alpha value is -3.33. The van der Waals surface area contributed by atoms with Crippen LogP contribution >= 0.6 is 0 Å². The van der Waals surface area contributed by atoms with E-state index in [1.54, 1.807) is 0 Å². The van der Waals surface area contributed by atoms with Crippen LogP contribution in [0.1, 0.15) is 5.56 Å². The van der Waals surface area contributed by atoms with Crippen LogP contribution in [0.2, 0.25) is 0 Å². The van der Waals surface area contributed by atoms with Crippen LogP contribution in [0.25, 0.3) is 22.6 Å². The molecule has 122 valence electrons. The molecule has 0 aliphatic rings. The van der Waals surface area contributed by atoms with E-state index in [4.69, 9.17) is 9.40 Å². The highest BCUT2D eigenvalue weighted by Crippen LogP contribution is 2.34. The summed E-state index contributed by atoms with van der Waals surface area (Å²) in [4.78, 5) is 4.69. The summed E-state index contributed by atoms with van der Waals surface area (Å²) >= 11 is 0. The molecule has 4 rings (SSSR count). The maximum absolute atomic E-state index is 6.05. The van der Waals surface area contributed by atoms with Crippen molar-refractivity contribution in [2.45, 2.75) is 6.54 Å². The average molecular weight is 326 g/mol. The summed E-state index contributed by atoms with van der Waals surface area (Å²) in [6, 6.07) is 30.9. The molecule has 0 aliphatic carbocycles. The third-order valence-corrected chi connectivity index (χ3v) is 4.00. The molecule has 25 heavy (non-hydrogen) atoms. The predicted molar refractivity (Wildman–Crippen MR) is 101 cm³/mol. The van der Waals surface area contributed by atoms with Gasteiger partial charge in [-0.2, -0.15) is 4.98 Å². The Labute approximate surface area is 147 Å². The lowest BCUT2D eigenvalue weighted by molar-refractivity contribution is 0.585. The number of rotatable bonds is 5. The van der Waals surface area contributed by atoms with Crippen molar-refractivity contribution < 1.29 is 4.42 Å². The summed E-state index contributed by atoms with van der Waals surface area (Å²) in [5, 5.41) is 3.28. The van der Waals surface area contributed by atoms with E-state index < -0.39 is 0 Å². The van der Waals surface area contributed by atoms with E-state index in [1.165, 1.54) is 5.56 Å². The number of nitrogens with one attached hydrogen (secondary N) is 1. The normalized spacial score (nSPS) is 10.6. The van der Waals surface area contributed by atoms with Gasteiger partial charge in [0.1, 0.15) is 5.69 Å². The highest BCUT2D eigenvalue weighted by molar-refractivity contribution is 5.77. The van der Waals surface area contributed by atoms with Crippen LogP contribution in [0.15, 0.2) is 95.4 Å². The average Bonchev–Trinajstić information content (AvgIpc) is 3.13. The number of hydrogen-bond donors (Lipinski definition) is 1. The first-order chi connectivity index (χ1) is 12.4. The van der Waals surface area contributed by atoms with E-state index in [1.807, 2.05) is 78.9 Å². The van der Waals surface area contributed by atoms with E-state index in [-0.39, 0.29) is 0 Å². The van der Waals surface area contributed by atoms with Crippen molar-refractivity contribution in [1.82, 2.24) is 4.98 Å². The minimum absolute atomic E-state index is 0.529. The van der Waals surface area contributed by atoms with Crippen LogP contribution in [0.5, 0.6) is 0 Å². The third-order valence-electron chi connectivity index (χ3n) is 4.00. The zero-order chi connectivity index (χ0) is 16.9. The van der Waals surface area contributed by atoms with E-state index in [2.05, 4.69) is 17.4 Å². The van der Waals surface area contributed by atoms with Crippen molar-refractivity contribution in [2.75, 3.05) is 5.32 Å². The highest BCUT2D eigenvalue weighted by atomic mass is 16.4. The number of oxazole rings is 1. The van der Waals surface area contributed by atoms with E-state index >= 15 is 0 Å². The van der Waals surface area contributed by atoms with Crippen LogP contribution in [0, 0.1) is 0 Å². The smallest absolute Gasteiger partial charge is 0.295 e. The predicted octanol–water partition coefficient (Wildman–Crippen LogP) is 5.62. The van der Waals surface area contributed by atoms with E-state index in [9.17, 15) is 0 Å². The Bertz CT molecular complexity index is 875. The van der Waals surface area contributed by atoms with Crippen LogP contribution < -0.4 is 5.32 Å². The van der Waals surface area contributed by atoms with Gasteiger partial charge in [-0.15, -0.1) is 0 Å². The lowest BCUT2D eigenvalue weighted by Crippen LogP contribution is -1.99. The van der Waals surface area contributed by atoms with Crippen molar-refractivity contribution in [1.29, 1.82) is 0 Å². The number of anilines is 1. The van der Waals surface area contributed by atoms with Crippen molar-refractivity contribution >= 4 is 6.01 Å². The molecule has 1 heterocycles. The molecule has 0 saturated carbocycles. The molecule has 0 radical (unpaired) electrons. The SMILES string of the molecule is c1ccc(CNc2nc(-c3ccccc3)c(-c3ccccc3)o2)cc1. The second-order valence-electron chi connectivity index (χ2n) is 5.77. The summed E-state index contributed by atoms with van der Waals surface area (Å²) < 4.78 is 6.05.